The highest BCUT2D eigenvalue weighted by Crippen LogP contribution is 2.21. The highest BCUT2D eigenvalue weighted by atomic mass is 16.3. The van der Waals surface area contributed by atoms with Crippen LogP contribution in [-0.2, 0) is 13.1 Å². The second-order valence-electron chi connectivity index (χ2n) is 5.08. The van der Waals surface area contributed by atoms with Crippen molar-refractivity contribution in [3.05, 3.63) is 41.1 Å². The Hall–Kier alpha value is -1.55. The molecule has 3 rings (SSSR count). The average molecular weight is 245 g/mol. The van der Waals surface area contributed by atoms with Gasteiger partial charge in [0.1, 0.15) is 11.5 Å². The number of nitrogens with zero attached hydrogens (tertiary/aromatic N) is 2. The molecule has 4 heteroatoms. The van der Waals surface area contributed by atoms with E-state index in [2.05, 4.69) is 23.4 Å². The summed E-state index contributed by atoms with van der Waals surface area (Å²) in [4.78, 5) is 0. The standard InChI is InChI=1S/C14H19N3O/c1-10-5-6-16-17(10)9-12-7-14(18-11(12)2)8-15-13-3-4-13/h5-7,13,15H,3-4,8-9H2,1-2H3. The minimum Gasteiger partial charge on any atom is -0.465 e. The Morgan fingerprint density at radius 1 is 1.44 bits per heavy atom. The fourth-order valence-corrected chi connectivity index (χ4v) is 2.09. The first-order chi connectivity index (χ1) is 8.72. The zero-order chi connectivity index (χ0) is 12.5. The summed E-state index contributed by atoms with van der Waals surface area (Å²) in [5, 5.41) is 7.77. The van der Waals surface area contributed by atoms with Crippen molar-refractivity contribution in [1.82, 2.24) is 15.1 Å². The fourth-order valence-electron chi connectivity index (χ4n) is 2.09. The number of rotatable bonds is 5. The normalized spacial score (nSPS) is 15.2. The molecule has 0 bridgehead atoms. The lowest BCUT2D eigenvalue weighted by atomic mass is 10.2. The number of aromatic nitrogens is 2. The van der Waals surface area contributed by atoms with E-state index in [-0.39, 0.29) is 0 Å². The molecule has 2 aromatic heterocycles. The Labute approximate surface area is 107 Å². The van der Waals surface area contributed by atoms with Crippen LogP contribution in [0.5, 0.6) is 0 Å². The van der Waals surface area contributed by atoms with Crippen molar-refractivity contribution in [2.45, 2.75) is 45.8 Å². The first-order valence-corrected chi connectivity index (χ1v) is 6.52. The maximum absolute atomic E-state index is 5.78. The van der Waals surface area contributed by atoms with E-state index >= 15 is 0 Å². The predicted molar refractivity (Wildman–Crippen MR) is 69.4 cm³/mol. The Bertz CT molecular complexity index is 537. The van der Waals surface area contributed by atoms with Gasteiger partial charge < -0.3 is 9.73 Å². The van der Waals surface area contributed by atoms with Crippen molar-refractivity contribution >= 4 is 0 Å². The number of furan rings is 1. The molecule has 0 amide bonds. The quantitative estimate of drug-likeness (QED) is 0.879. The maximum Gasteiger partial charge on any atom is 0.118 e. The molecule has 0 radical (unpaired) electrons. The van der Waals surface area contributed by atoms with Crippen LogP contribution in [-0.4, -0.2) is 15.8 Å². The molecule has 1 aliphatic carbocycles. The number of hydrogen-bond acceptors (Lipinski definition) is 3. The zero-order valence-corrected chi connectivity index (χ0v) is 10.9. The van der Waals surface area contributed by atoms with Gasteiger partial charge in [0.2, 0.25) is 0 Å². The highest BCUT2D eigenvalue weighted by Gasteiger charge is 2.20. The van der Waals surface area contributed by atoms with Crippen LogP contribution in [0.4, 0.5) is 0 Å². The highest BCUT2D eigenvalue weighted by molar-refractivity contribution is 5.21. The van der Waals surface area contributed by atoms with Gasteiger partial charge in [0.05, 0.1) is 13.1 Å². The van der Waals surface area contributed by atoms with Crippen LogP contribution in [0.3, 0.4) is 0 Å². The summed E-state index contributed by atoms with van der Waals surface area (Å²) in [6.07, 6.45) is 4.44. The fraction of sp³-hybridized carbons (Fsp3) is 0.500. The first kappa shape index (κ1) is 11.5. The van der Waals surface area contributed by atoms with E-state index in [1.165, 1.54) is 24.1 Å². The minimum absolute atomic E-state index is 0.715. The third-order valence-electron chi connectivity index (χ3n) is 3.46. The minimum atomic E-state index is 0.715. The molecule has 1 N–H and O–H groups in total. The third-order valence-corrected chi connectivity index (χ3v) is 3.46. The summed E-state index contributed by atoms with van der Waals surface area (Å²) >= 11 is 0. The van der Waals surface area contributed by atoms with Crippen molar-refractivity contribution in [3.63, 3.8) is 0 Å². The molecule has 0 unspecified atom stereocenters. The van der Waals surface area contributed by atoms with Crippen molar-refractivity contribution < 1.29 is 4.42 Å². The van der Waals surface area contributed by atoms with Gasteiger partial charge in [-0.1, -0.05) is 0 Å². The summed E-state index contributed by atoms with van der Waals surface area (Å²) in [5.74, 6) is 2.02. The predicted octanol–water partition coefficient (Wildman–Crippen LogP) is 2.39. The summed E-state index contributed by atoms with van der Waals surface area (Å²) in [7, 11) is 0. The molecule has 2 aromatic rings. The molecule has 18 heavy (non-hydrogen) atoms. The van der Waals surface area contributed by atoms with Gasteiger partial charge in [-0.15, -0.1) is 0 Å². The van der Waals surface area contributed by atoms with Crippen molar-refractivity contribution in [2.24, 2.45) is 0 Å². The van der Waals surface area contributed by atoms with Gasteiger partial charge in [0.15, 0.2) is 0 Å². The molecule has 1 saturated carbocycles. The Kier molecular flexibility index (Phi) is 2.96. The first-order valence-electron chi connectivity index (χ1n) is 6.52. The molecule has 0 aromatic carbocycles. The molecule has 4 nitrogen and oxygen atoms in total. The molecule has 0 atom stereocenters. The Balaban J connectivity index is 1.69. The van der Waals surface area contributed by atoms with Crippen molar-refractivity contribution in [3.8, 4) is 0 Å². The topological polar surface area (TPSA) is 43.0 Å². The van der Waals surface area contributed by atoms with Gasteiger partial charge in [0, 0.05) is 23.5 Å². The van der Waals surface area contributed by atoms with Gasteiger partial charge in [-0.2, -0.15) is 5.10 Å². The average Bonchev–Trinajstić information content (AvgIpc) is 3.00. The van der Waals surface area contributed by atoms with Gasteiger partial charge in [0.25, 0.3) is 0 Å². The number of hydrogen-bond donors (Lipinski definition) is 1. The Morgan fingerprint density at radius 2 is 2.28 bits per heavy atom. The Morgan fingerprint density at radius 3 is 2.94 bits per heavy atom. The van der Waals surface area contributed by atoms with Crippen LogP contribution in [0.15, 0.2) is 22.7 Å². The summed E-state index contributed by atoms with van der Waals surface area (Å²) in [6.45, 7) is 5.72. The molecule has 0 aliphatic heterocycles. The smallest absolute Gasteiger partial charge is 0.118 e. The van der Waals surface area contributed by atoms with Crippen LogP contribution in [0.1, 0.15) is 35.6 Å². The molecule has 0 saturated heterocycles. The molecule has 96 valence electrons. The summed E-state index contributed by atoms with van der Waals surface area (Å²) in [5.41, 5.74) is 2.39. The van der Waals surface area contributed by atoms with Crippen LogP contribution in [0, 0.1) is 13.8 Å². The summed E-state index contributed by atoms with van der Waals surface area (Å²) < 4.78 is 7.77. The van der Waals surface area contributed by atoms with Crippen LogP contribution in [0.25, 0.3) is 0 Å². The van der Waals surface area contributed by atoms with Crippen molar-refractivity contribution in [2.75, 3.05) is 0 Å². The second-order valence-corrected chi connectivity index (χ2v) is 5.08. The lowest BCUT2D eigenvalue weighted by molar-refractivity contribution is 0.458. The largest absolute Gasteiger partial charge is 0.465 e. The van der Waals surface area contributed by atoms with E-state index in [0.29, 0.717) is 6.04 Å². The number of nitrogens with one attached hydrogen (secondary N) is 1. The monoisotopic (exact) mass is 245 g/mol. The van der Waals surface area contributed by atoms with Crippen LogP contribution < -0.4 is 5.32 Å². The van der Waals surface area contributed by atoms with E-state index in [9.17, 15) is 0 Å². The van der Waals surface area contributed by atoms with E-state index in [1.54, 1.807) is 0 Å². The summed E-state index contributed by atoms with van der Waals surface area (Å²) in [6, 6.07) is 4.88. The molecule has 0 spiro atoms. The maximum atomic E-state index is 5.78. The van der Waals surface area contributed by atoms with Gasteiger partial charge in [-0.25, -0.2) is 0 Å². The SMILES string of the molecule is Cc1oc(CNC2CC2)cc1Cn1nccc1C. The van der Waals surface area contributed by atoms with Gasteiger partial charge in [-0.3, -0.25) is 4.68 Å². The molecule has 2 heterocycles. The molecule has 1 aliphatic rings. The molecule has 1 fully saturated rings. The van der Waals surface area contributed by atoms with Crippen LogP contribution in [0.2, 0.25) is 0 Å². The molecular formula is C14H19N3O. The van der Waals surface area contributed by atoms with E-state index in [0.717, 1.165) is 24.6 Å². The lowest BCUT2D eigenvalue weighted by Gasteiger charge is -2.02. The zero-order valence-electron chi connectivity index (χ0n) is 10.9. The number of aryl methyl sites for hydroxylation is 2. The lowest BCUT2D eigenvalue weighted by Crippen LogP contribution is -2.14. The van der Waals surface area contributed by atoms with Gasteiger partial charge in [-0.05, 0) is 38.8 Å². The van der Waals surface area contributed by atoms with Crippen molar-refractivity contribution in [1.29, 1.82) is 0 Å². The van der Waals surface area contributed by atoms with Gasteiger partial charge >= 0.3 is 0 Å². The molecular weight excluding hydrogens is 226 g/mol. The van der Waals surface area contributed by atoms with E-state index in [1.807, 2.05) is 23.9 Å². The van der Waals surface area contributed by atoms with Crippen LogP contribution >= 0.6 is 0 Å². The van der Waals surface area contributed by atoms with E-state index in [4.69, 9.17) is 4.42 Å². The third kappa shape index (κ3) is 2.48. The second kappa shape index (κ2) is 4.61. The van der Waals surface area contributed by atoms with E-state index < -0.39 is 0 Å².